The summed E-state index contributed by atoms with van der Waals surface area (Å²) in [5.74, 6) is 0.0988. The van der Waals surface area contributed by atoms with Crippen LogP contribution in [0.3, 0.4) is 0 Å². The Kier molecular flexibility index (Phi) is 3.06. The quantitative estimate of drug-likeness (QED) is 0.500. The molecule has 0 spiro atoms. The molecule has 5 heavy (non-hydrogen) atoms. The summed E-state index contributed by atoms with van der Waals surface area (Å²) in [5.41, 5.74) is -0.878. The minimum atomic E-state index is -0.878. The van der Waals surface area contributed by atoms with E-state index in [2.05, 4.69) is 0 Å². The lowest BCUT2D eigenvalue weighted by Gasteiger charge is -1.85. The molecule has 0 rings (SSSR count). The Hall–Kier alpha value is 0.540. The van der Waals surface area contributed by atoms with E-state index in [0.717, 1.165) is 0 Å². The van der Waals surface area contributed by atoms with E-state index in [4.69, 9.17) is 28.3 Å². The fourth-order valence-electron chi connectivity index (χ4n) is 0. The number of hydrogen-bond acceptors (Lipinski definition) is 1. The maximum atomic E-state index is 7.99. The summed E-state index contributed by atoms with van der Waals surface area (Å²) in [7, 11) is 0. The van der Waals surface area contributed by atoms with Gasteiger partial charge in [0.2, 0.25) is 0 Å². The zero-order valence-corrected chi connectivity index (χ0v) is 4.00. The van der Waals surface area contributed by atoms with Gasteiger partial charge in [-0.1, -0.05) is 11.6 Å². The number of alkyl halides is 2. The summed E-state index contributed by atoms with van der Waals surface area (Å²) in [6.07, 6.45) is 0. The minimum absolute atomic E-state index is 0.0988. The van der Waals surface area contributed by atoms with Crippen LogP contribution in [0.2, 0.25) is 0 Å². The monoisotopic (exact) mass is 114 g/mol. The lowest BCUT2D eigenvalue weighted by molar-refractivity contribution is 0.280. The van der Waals surface area contributed by atoms with E-state index in [-0.39, 0.29) is 5.88 Å². The molecule has 0 radical (unpaired) electrons. The fraction of sp³-hybridized carbons (Fsp3) is 1.00. The Balaban J connectivity index is 2.54. The third-order valence-electron chi connectivity index (χ3n) is 0.127. The second-order valence-electron chi connectivity index (χ2n) is 0.589. The number of rotatable bonds is 1. The van der Waals surface area contributed by atoms with Crippen molar-refractivity contribution in [3.63, 3.8) is 0 Å². The molecule has 32 valence electrons. The molecule has 0 aromatic heterocycles. The zero-order valence-electron chi connectivity index (χ0n) is 2.49. The van der Waals surface area contributed by atoms with E-state index in [0.29, 0.717) is 0 Å². The van der Waals surface area contributed by atoms with Crippen LogP contribution in [0, 0.1) is 0 Å². The van der Waals surface area contributed by atoms with Gasteiger partial charge in [-0.05, 0) is 0 Å². The van der Waals surface area contributed by atoms with E-state index in [1.165, 1.54) is 0 Å². The van der Waals surface area contributed by atoms with Crippen molar-refractivity contribution < 1.29 is 5.11 Å². The summed E-state index contributed by atoms with van der Waals surface area (Å²) >= 11 is 9.84. The number of halogens is 2. The first-order valence-corrected chi connectivity index (χ1v) is 2.12. The van der Waals surface area contributed by atoms with Crippen molar-refractivity contribution >= 4 is 23.2 Å². The number of aliphatic hydroxyl groups is 1. The summed E-state index contributed by atoms with van der Waals surface area (Å²) in [4.78, 5) is 0. The van der Waals surface area contributed by atoms with Crippen molar-refractivity contribution in [1.29, 1.82) is 0 Å². The van der Waals surface area contributed by atoms with E-state index < -0.39 is 5.56 Å². The van der Waals surface area contributed by atoms with Crippen LogP contribution in [-0.4, -0.2) is 16.5 Å². The highest BCUT2D eigenvalue weighted by molar-refractivity contribution is 6.27. The van der Waals surface area contributed by atoms with Gasteiger partial charge in [-0.2, -0.15) is 0 Å². The van der Waals surface area contributed by atoms with E-state index in [1.54, 1.807) is 0 Å². The molecule has 1 nitrogen and oxygen atoms in total. The van der Waals surface area contributed by atoms with Gasteiger partial charge in [-0.15, -0.1) is 11.6 Å². The average molecular weight is 115 g/mol. The summed E-state index contributed by atoms with van der Waals surface area (Å²) in [6, 6.07) is 0. The first kappa shape index (κ1) is 5.54. The Morgan fingerprint density at radius 1 is 1.80 bits per heavy atom. The van der Waals surface area contributed by atoms with Gasteiger partial charge in [0.15, 0.2) is 0 Å². The molecule has 1 atom stereocenters. The third kappa shape index (κ3) is 4.54. The molecule has 0 aromatic rings. The van der Waals surface area contributed by atoms with Crippen molar-refractivity contribution in [3.05, 3.63) is 0 Å². The van der Waals surface area contributed by atoms with Gasteiger partial charge < -0.3 is 5.11 Å². The molecular weight excluding hydrogens is 111 g/mol. The predicted molar refractivity (Wildman–Crippen MR) is 22.6 cm³/mol. The van der Waals surface area contributed by atoms with Crippen molar-refractivity contribution in [2.45, 2.75) is 5.56 Å². The molecule has 0 fully saturated rings. The van der Waals surface area contributed by atoms with Crippen molar-refractivity contribution in [2.24, 2.45) is 0 Å². The van der Waals surface area contributed by atoms with Crippen molar-refractivity contribution in [3.8, 4) is 0 Å². The molecule has 0 saturated carbocycles. The van der Waals surface area contributed by atoms with Crippen LogP contribution in [0.25, 0.3) is 0 Å². The second kappa shape index (κ2) is 2.76. The highest BCUT2D eigenvalue weighted by atomic mass is 35.5. The number of aliphatic hydroxyl groups excluding tert-OH is 1. The topological polar surface area (TPSA) is 20.2 Å². The van der Waals surface area contributed by atoms with Crippen LogP contribution in [0.4, 0.5) is 0 Å². The van der Waals surface area contributed by atoms with E-state index >= 15 is 0 Å². The van der Waals surface area contributed by atoms with Crippen molar-refractivity contribution in [1.82, 2.24) is 0 Å². The summed E-state index contributed by atoms with van der Waals surface area (Å²) < 4.78 is 0. The van der Waals surface area contributed by atoms with E-state index in [9.17, 15) is 0 Å². The largest absolute Gasteiger partial charge is 0.376 e. The SMILES string of the molecule is OC(Cl)CCl. The lowest BCUT2D eigenvalue weighted by atomic mass is 10.9. The normalized spacial score (nSPS) is 15.0. The molecule has 0 heterocycles. The molecule has 0 aliphatic carbocycles. The van der Waals surface area contributed by atoms with Gasteiger partial charge in [-0.3, -0.25) is 0 Å². The molecule has 0 bridgehead atoms. The van der Waals surface area contributed by atoms with Gasteiger partial charge >= 0.3 is 0 Å². The number of hydrogen-bond donors (Lipinski definition) is 1. The van der Waals surface area contributed by atoms with Gasteiger partial charge in [0, 0.05) is 0 Å². The maximum Gasteiger partial charge on any atom is 0.141 e. The highest BCUT2D eigenvalue weighted by Crippen LogP contribution is 1.89. The van der Waals surface area contributed by atoms with Gasteiger partial charge in [0.1, 0.15) is 5.56 Å². The predicted octanol–water partition coefficient (Wildman–Crippen LogP) is 0.782. The average Bonchev–Trinajstić information content (AvgIpc) is 1.38. The highest BCUT2D eigenvalue weighted by Gasteiger charge is 1.87. The Labute approximate surface area is 40.5 Å². The molecule has 0 aliphatic heterocycles. The standard InChI is InChI=1S/C2H4Cl2O/c3-1-2(4)5/h2,5H,1H2. The van der Waals surface area contributed by atoms with Crippen LogP contribution in [0.5, 0.6) is 0 Å². The van der Waals surface area contributed by atoms with Gasteiger partial charge in [0.25, 0.3) is 0 Å². The molecule has 1 N–H and O–H groups in total. The van der Waals surface area contributed by atoms with Crippen LogP contribution in [0.15, 0.2) is 0 Å². The first-order chi connectivity index (χ1) is 2.27. The Morgan fingerprint density at radius 2 is 2.00 bits per heavy atom. The smallest absolute Gasteiger partial charge is 0.141 e. The Bertz CT molecular complexity index is 21.6. The van der Waals surface area contributed by atoms with Gasteiger partial charge in [-0.25, -0.2) is 0 Å². The Morgan fingerprint density at radius 3 is 2.00 bits per heavy atom. The molecule has 1 unspecified atom stereocenters. The summed E-state index contributed by atoms with van der Waals surface area (Å²) in [6.45, 7) is 0. The third-order valence-corrected chi connectivity index (χ3v) is 0.732. The molecule has 0 aromatic carbocycles. The first-order valence-electron chi connectivity index (χ1n) is 1.15. The minimum Gasteiger partial charge on any atom is -0.376 e. The van der Waals surface area contributed by atoms with Crippen LogP contribution in [-0.2, 0) is 0 Å². The second-order valence-corrected chi connectivity index (χ2v) is 1.40. The molecule has 3 heteroatoms. The maximum absolute atomic E-state index is 7.99. The fourth-order valence-corrected chi connectivity index (χ4v) is 0. The van der Waals surface area contributed by atoms with Crippen molar-refractivity contribution in [2.75, 3.05) is 5.88 Å². The van der Waals surface area contributed by atoms with Crippen LogP contribution in [0.1, 0.15) is 0 Å². The molecule has 0 amide bonds. The van der Waals surface area contributed by atoms with Crippen LogP contribution < -0.4 is 0 Å². The molecular formula is C2H4Cl2O. The summed E-state index contributed by atoms with van der Waals surface area (Å²) in [5, 5.41) is 7.99. The van der Waals surface area contributed by atoms with Crippen LogP contribution >= 0.6 is 23.2 Å². The lowest BCUT2D eigenvalue weighted by Crippen LogP contribution is -1.93. The molecule has 0 aliphatic rings. The zero-order chi connectivity index (χ0) is 4.28. The molecule has 0 saturated heterocycles. The van der Waals surface area contributed by atoms with Gasteiger partial charge in [0.05, 0.1) is 5.88 Å². The van der Waals surface area contributed by atoms with E-state index in [1.807, 2.05) is 0 Å².